The second kappa shape index (κ2) is 8.34. The third kappa shape index (κ3) is 8.08. The first-order chi connectivity index (χ1) is 6.18. The van der Waals surface area contributed by atoms with Gasteiger partial charge in [-0.2, -0.15) is 0 Å². The Bertz CT molecular complexity index is 131. The van der Waals surface area contributed by atoms with Gasteiger partial charge in [0.2, 0.25) is 0 Å². The van der Waals surface area contributed by atoms with Crippen molar-refractivity contribution < 1.29 is 0 Å². The molecule has 0 aromatic rings. The molecule has 0 aliphatic rings. The molecule has 0 atom stereocenters. The van der Waals surface area contributed by atoms with Gasteiger partial charge >= 0.3 is 0 Å². The molecule has 0 saturated heterocycles. The van der Waals surface area contributed by atoms with Crippen molar-refractivity contribution in [3.05, 3.63) is 11.6 Å². The van der Waals surface area contributed by atoms with E-state index in [1.54, 1.807) is 5.57 Å². The van der Waals surface area contributed by atoms with Crippen LogP contribution in [0.2, 0.25) is 0 Å². The Morgan fingerprint density at radius 1 is 1.08 bits per heavy atom. The van der Waals surface area contributed by atoms with Crippen molar-refractivity contribution in [2.75, 3.05) is 0 Å². The summed E-state index contributed by atoms with van der Waals surface area (Å²) in [5.74, 6) is 0.732. The molecule has 0 fully saturated rings. The van der Waals surface area contributed by atoms with E-state index < -0.39 is 0 Å². The minimum Gasteiger partial charge on any atom is -0.0854 e. The molecule has 0 saturated carbocycles. The van der Waals surface area contributed by atoms with Crippen LogP contribution in [0.1, 0.15) is 66.2 Å². The molecule has 0 unspecified atom stereocenters. The predicted molar refractivity (Wildman–Crippen MR) is 62.0 cm³/mol. The molecule has 0 bridgehead atoms. The first-order valence-corrected chi connectivity index (χ1v) is 5.85. The Hall–Kier alpha value is -0.260. The molecule has 78 valence electrons. The highest BCUT2D eigenvalue weighted by Crippen LogP contribution is 2.11. The van der Waals surface area contributed by atoms with E-state index in [9.17, 15) is 0 Å². The summed E-state index contributed by atoms with van der Waals surface area (Å²) in [5, 5.41) is 0. The maximum absolute atomic E-state index is 2.41. The van der Waals surface area contributed by atoms with Gasteiger partial charge in [0.1, 0.15) is 0 Å². The Balaban J connectivity index is 3.29. The van der Waals surface area contributed by atoms with Crippen molar-refractivity contribution >= 4 is 0 Å². The Morgan fingerprint density at radius 3 is 2.23 bits per heavy atom. The van der Waals surface area contributed by atoms with Crippen molar-refractivity contribution in [2.45, 2.75) is 66.2 Å². The summed E-state index contributed by atoms with van der Waals surface area (Å²) >= 11 is 0. The molecular weight excluding hydrogens is 156 g/mol. The van der Waals surface area contributed by atoms with Crippen molar-refractivity contribution in [1.82, 2.24) is 0 Å². The number of allylic oxidation sites excluding steroid dienone is 2. The molecule has 0 aromatic heterocycles. The molecule has 0 nitrogen and oxygen atoms in total. The zero-order valence-electron chi connectivity index (χ0n) is 9.90. The lowest BCUT2D eigenvalue weighted by atomic mass is 10.0. The Labute approximate surface area is 84.4 Å². The largest absolute Gasteiger partial charge is 0.0854 e. The quantitative estimate of drug-likeness (QED) is 0.386. The third-order valence-corrected chi connectivity index (χ3v) is 2.68. The van der Waals surface area contributed by atoms with Gasteiger partial charge in [-0.1, -0.05) is 58.1 Å². The second-order valence-corrected chi connectivity index (χ2v) is 4.31. The maximum atomic E-state index is 2.41. The lowest BCUT2D eigenvalue weighted by Gasteiger charge is -2.04. The highest BCUT2D eigenvalue weighted by molar-refractivity contribution is 5.00. The van der Waals surface area contributed by atoms with Crippen LogP contribution in [0.5, 0.6) is 0 Å². The normalized spacial score (nSPS) is 12.5. The molecular formula is C13H26. The highest BCUT2D eigenvalue weighted by Gasteiger charge is 1.94. The summed E-state index contributed by atoms with van der Waals surface area (Å²) in [6, 6.07) is 0. The standard InChI is InChI=1S/C13H26/c1-5-6-7-8-9-10-11-13(4)12(2)3/h11-12H,5-10H2,1-4H3/b13-11+. The van der Waals surface area contributed by atoms with E-state index in [0.717, 1.165) is 5.92 Å². The van der Waals surface area contributed by atoms with Crippen LogP contribution in [0.25, 0.3) is 0 Å². The molecule has 0 N–H and O–H groups in total. The minimum atomic E-state index is 0.732. The van der Waals surface area contributed by atoms with Crippen molar-refractivity contribution in [3.63, 3.8) is 0 Å². The van der Waals surface area contributed by atoms with E-state index in [2.05, 4.69) is 33.8 Å². The topological polar surface area (TPSA) is 0 Å². The van der Waals surface area contributed by atoms with Crippen LogP contribution >= 0.6 is 0 Å². The third-order valence-electron chi connectivity index (χ3n) is 2.68. The van der Waals surface area contributed by atoms with E-state index in [4.69, 9.17) is 0 Å². The average molecular weight is 182 g/mol. The van der Waals surface area contributed by atoms with Crippen LogP contribution in [-0.2, 0) is 0 Å². The number of hydrogen-bond donors (Lipinski definition) is 0. The Morgan fingerprint density at radius 2 is 1.69 bits per heavy atom. The highest BCUT2D eigenvalue weighted by atomic mass is 14.0. The number of rotatable bonds is 7. The van der Waals surface area contributed by atoms with Crippen LogP contribution in [0.15, 0.2) is 11.6 Å². The van der Waals surface area contributed by atoms with E-state index >= 15 is 0 Å². The summed E-state index contributed by atoms with van der Waals surface area (Å²) in [7, 11) is 0. The fourth-order valence-electron chi connectivity index (χ4n) is 1.31. The fourth-order valence-corrected chi connectivity index (χ4v) is 1.31. The SMILES string of the molecule is CCCCCCC/C=C(\C)C(C)C. The summed E-state index contributed by atoms with van der Waals surface area (Å²) in [5.41, 5.74) is 1.55. The minimum absolute atomic E-state index is 0.732. The van der Waals surface area contributed by atoms with Crippen LogP contribution in [0.3, 0.4) is 0 Å². The van der Waals surface area contributed by atoms with Gasteiger partial charge in [0.15, 0.2) is 0 Å². The average Bonchev–Trinajstić information content (AvgIpc) is 2.10. The molecule has 0 radical (unpaired) electrons. The van der Waals surface area contributed by atoms with Gasteiger partial charge in [0.25, 0.3) is 0 Å². The van der Waals surface area contributed by atoms with Crippen LogP contribution in [0, 0.1) is 5.92 Å². The number of hydrogen-bond acceptors (Lipinski definition) is 0. The summed E-state index contributed by atoms with van der Waals surface area (Å²) in [6.07, 6.45) is 10.7. The first-order valence-electron chi connectivity index (χ1n) is 5.85. The van der Waals surface area contributed by atoms with Crippen molar-refractivity contribution in [1.29, 1.82) is 0 Å². The lowest BCUT2D eigenvalue weighted by Crippen LogP contribution is -1.88. The van der Waals surface area contributed by atoms with Gasteiger partial charge < -0.3 is 0 Å². The van der Waals surface area contributed by atoms with E-state index in [0.29, 0.717) is 0 Å². The molecule has 0 spiro atoms. The van der Waals surface area contributed by atoms with Crippen LogP contribution < -0.4 is 0 Å². The lowest BCUT2D eigenvalue weighted by molar-refractivity contribution is 0.634. The Kier molecular flexibility index (Phi) is 8.18. The van der Waals surface area contributed by atoms with Gasteiger partial charge in [-0.3, -0.25) is 0 Å². The fraction of sp³-hybridized carbons (Fsp3) is 0.846. The smallest absolute Gasteiger partial charge is 0.0263 e. The van der Waals surface area contributed by atoms with E-state index in [1.807, 2.05) is 0 Å². The van der Waals surface area contributed by atoms with Gasteiger partial charge in [-0.15, -0.1) is 0 Å². The van der Waals surface area contributed by atoms with Crippen molar-refractivity contribution in [3.8, 4) is 0 Å². The molecule has 0 amide bonds. The zero-order valence-corrected chi connectivity index (χ0v) is 9.90. The van der Waals surface area contributed by atoms with Crippen molar-refractivity contribution in [2.24, 2.45) is 5.92 Å². The maximum Gasteiger partial charge on any atom is -0.0263 e. The number of unbranched alkanes of at least 4 members (excludes halogenated alkanes) is 5. The van der Waals surface area contributed by atoms with Gasteiger partial charge in [-0.25, -0.2) is 0 Å². The summed E-state index contributed by atoms with van der Waals surface area (Å²) in [6.45, 7) is 9.05. The van der Waals surface area contributed by atoms with Crippen LogP contribution in [-0.4, -0.2) is 0 Å². The molecule has 13 heavy (non-hydrogen) atoms. The monoisotopic (exact) mass is 182 g/mol. The molecule has 0 heterocycles. The summed E-state index contributed by atoms with van der Waals surface area (Å²) in [4.78, 5) is 0. The van der Waals surface area contributed by atoms with Gasteiger partial charge in [0, 0.05) is 0 Å². The first kappa shape index (κ1) is 12.7. The van der Waals surface area contributed by atoms with Gasteiger partial charge in [0.05, 0.1) is 0 Å². The zero-order chi connectivity index (χ0) is 10.1. The summed E-state index contributed by atoms with van der Waals surface area (Å²) < 4.78 is 0. The van der Waals surface area contributed by atoms with E-state index in [-0.39, 0.29) is 0 Å². The molecule has 0 aromatic carbocycles. The second-order valence-electron chi connectivity index (χ2n) is 4.31. The molecule has 0 aliphatic heterocycles. The van der Waals surface area contributed by atoms with E-state index in [1.165, 1.54) is 38.5 Å². The molecule has 0 aliphatic carbocycles. The van der Waals surface area contributed by atoms with Gasteiger partial charge in [-0.05, 0) is 25.7 Å². The van der Waals surface area contributed by atoms with Crippen LogP contribution in [0.4, 0.5) is 0 Å². The molecule has 0 rings (SSSR count). The molecule has 0 heteroatoms. The predicted octanol–water partition coefficient (Wildman–Crippen LogP) is 4.95.